The van der Waals surface area contributed by atoms with Crippen LogP contribution in [0.25, 0.3) is 5.95 Å². The number of aromatic amines is 1. The SMILES string of the molecule is C=CCOc1cc(OC)cc(C(Nc2ccc(C(=N)N)cc2)c2nn(-c3ncccn3)c(=O)[nH]2)c1F. The van der Waals surface area contributed by atoms with Crippen molar-refractivity contribution in [1.29, 1.82) is 5.41 Å². The molecule has 4 aromatic rings. The van der Waals surface area contributed by atoms with Gasteiger partial charge < -0.3 is 20.5 Å². The van der Waals surface area contributed by atoms with Gasteiger partial charge in [0.05, 0.1) is 7.11 Å². The molecule has 4 rings (SSSR count). The third-order valence-corrected chi connectivity index (χ3v) is 5.10. The van der Waals surface area contributed by atoms with Crippen molar-refractivity contribution in [2.24, 2.45) is 5.73 Å². The smallest absolute Gasteiger partial charge is 0.350 e. The van der Waals surface area contributed by atoms with Crippen LogP contribution in [-0.4, -0.2) is 44.3 Å². The molecule has 0 aliphatic carbocycles. The minimum atomic E-state index is -0.993. The van der Waals surface area contributed by atoms with E-state index in [1.165, 1.54) is 37.7 Å². The Bertz CT molecular complexity index is 1430. The van der Waals surface area contributed by atoms with E-state index < -0.39 is 17.5 Å². The summed E-state index contributed by atoms with van der Waals surface area (Å²) in [6.07, 6.45) is 4.44. The molecule has 5 N–H and O–H groups in total. The van der Waals surface area contributed by atoms with E-state index >= 15 is 4.39 Å². The van der Waals surface area contributed by atoms with E-state index in [-0.39, 0.29) is 35.5 Å². The molecule has 0 aliphatic rings. The van der Waals surface area contributed by atoms with Gasteiger partial charge in [-0.25, -0.2) is 19.2 Å². The van der Waals surface area contributed by atoms with E-state index in [4.69, 9.17) is 20.6 Å². The minimum Gasteiger partial charge on any atom is -0.497 e. The van der Waals surface area contributed by atoms with Gasteiger partial charge in [0.15, 0.2) is 17.4 Å². The molecular weight excluding hydrogens is 467 g/mol. The van der Waals surface area contributed by atoms with Crippen LogP contribution in [-0.2, 0) is 0 Å². The lowest BCUT2D eigenvalue weighted by atomic mass is 10.0. The lowest BCUT2D eigenvalue weighted by molar-refractivity contribution is 0.334. The predicted molar refractivity (Wildman–Crippen MR) is 131 cm³/mol. The predicted octanol–water partition coefficient (Wildman–Crippen LogP) is 2.55. The molecule has 2 aromatic carbocycles. The van der Waals surface area contributed by atoms with Crippen LogP contribution in [0.4, 0.5) is 10.1 Å². The second-order valence-electron chi connectivity index (χ2n) is 7.47. The van der Waals surface area contributed by atoms with E-state index in [1.807, 2.05) is 0 Å². The van der Waals surface area contributed by atoms with Gasteiger partial charge in [-0.2, -0.15) is 0 Å². The summed E-state index contributed by atoms with van der Waals surface area (Å²) in [6, 6.07) is 10.1. The number of methoxy groups -OCH3 is 1. The Kier molecular flexibility index (Phi) is 7.04. The Labute approximate surface area is 204 Å². The van der Waals surface area contributed by atoms with Crippen LogP contribution in [0, 0.1) is 11.2 Å². The lowest BCUT2D eigenvalue weighted by Crippen LogP contribution is -2.18. The van der Waals surface area contributed by atoms with Gasteiger partial charge in [0, 0.05) is 35.3 Å². The van der Waals surface area contributed by atoms with Gasteiger partial charge in [-0.15, -0.1) is 9.78 Å². The minimum absolute atomic E-state index is 0.0516. The van der Waals surface area contributed by atoms with Crippen molar-refractivity contribution in [2.45, 2.75) is 6.04 Å². The maximum atomic E-state index is 15.7. The fraction of sp³-hybridized carbons (Fsp3) is 0.125. The zero-order valence-electron chi connectivity index (χ0n) is 19.2. The van der Waals surface area contributed by atoms with Gasteiger partial charge in [-0.1, -0.05) is 12.7 Å². The number of ether oxygens (including phenoxy) is 2. The highest BCUT2D eigenvalue weighted by Crippen LogP contribution is 2.35. The van der Waals surface area contributed by atoms with Gasteiger partial charge in [0.25, 0.3) is 5.95 Å². The van der Waals surface area contributed by atoms with Gasteiger partial charge in [-0.05, 0) is 36.4 Å². The molecule has 36 heavy (non-hydrogen) atoms. The summed E-state index contributed by atoms with van der Waals surface area (Å²) < 4.78 is 27.5. The van der Waals surface area contributed by atoms with Crippen LogP contribution < -0.4 is 26.2 Å². The fourth-order valence-corrected chi connectivity index (χ4v) is 3.39. The molecule has 0 radical (unpaired) electrons. The van der Waals surface area contributed by atoms with Crippen LogP contribution in [0.5, 0.6) is 11.5 Å². The second-order valence-corrected chi connectivity index (χ2v) is 7.47. The summed E-state index contributed by atoms with van der Waals surface area (Å²) in [7, 11) is 1.44. The molecule has 0 fully saturated rings. The number of nitrogens with zero attached hydrogens (tertiary/aromatic N) is 4. The average molecular weight is 490 g/mol. The number of aromatic nitrogens is 5. The van der Waals surface area contributed by atoms with Crippen molar-refractivity contribution >= 4 is 11.5 Å². The Morgan fingerprint density at radius 3 is 2.67 bits per heavy atom. The highest BCUT2D eigenvalue weighted by atomic mass is 19.1. The first-order valence-corrected chi connectivity index (χ1v) is 10.7. The summed E-state index contributed by atoms with van der Waals surface area (Å²) in [5.41, 5.74) is 6.10. The number of anilines is 1. The summed E-state index contributed by atoms with van der Waals surface area (Å²) in [5, 5.41) is 15.1. The number of benzene rings is 2. The molecule has 1 atom stereocenters. The van der Waals surface area contributed by atoms with Crippen molar-refractivity contribution in [3.05, 3.63) is 101 Å². The maximum Gasteiger partial charge on any atom is 0.350 e. The quantitative estimate of drug-likeness (QED) is 0.150. The molecule has 0 aliphatic heterocycles. The van der Waals surface area contributed by atoms with Crippen molar-refractivity contribution < 1.29 is 13.9 Å². The third kappa shape index (κ3) is 5.06. The number of hydrogen-bond acceptors (Lipinski definition) is 8. The first kappa shape index (κ1) is 24.1. The zero-order valence-corrected chi connectivity index (χ0v) is 19.2. The molecule has 2 aromatic heterocycles. The molecule has 0 saturated heterocycles. The average Bonchev–Trinajstić information content (AvgIpc) is 3.28. The van der Waals surface area contributed by atoms with E-state index in [2.05, 4.69) is 31.9 Å². The van der Waals surface area contributed by atoms with Crippen LogP contribution in [0.15, 0.2) is 72.3 Å². The highest BCUT2D eigenvalue weighted by Gasteiger charge is 2.27. The number of amidine groups is 1. The Morgan fingerprint density at radius 1 is 1.31 bits per heavy atom. The van der Waals surface area contributed by atoms with E-state index in [1.54, 1.807) is 30.3 Å². The van der Waals surface area contributed by atoms with Gasteiger partial charge in [0.1, 0.15) is 24.2 Å². The molecule has 2 heterocycles. The molecule has 12 heteroatoms. The summed E-state index contributed by atoms with van der Waals surface area (Å²) in [5.74, 6) is -0.358. The molecular formula is C24H23FN8O3. The lowest BCUT2D eigenvalue weighted by Gasteiger charge is -2.21. The third-order valence-electron chi connectivity index (χ3n) is 5.10. The van der Waals surface area contributed by atoms with Crippen LogP contribution >= 0.6 is 0 Å². The first-order valence-electron chi connectivity index (χ1n) is 10.7. The molecule has 0 bridgehead atoms. The number of nitrogens with one attached hydrogen (secondary N) is 3. The molecule has 0 spiro atoms. The number of nitrogens with two attached hydrogens (primary N) is 1. The van der Waals surface area contributed by atoms with Gasteiger partial charge in [-0.3, -0.25) is 10.4 Å². The Morgan fingerprint density at radius 2 is 2.03 bits per heavy atom. The zero-order chi connectivity index (χ0) is 25.7. The van der Waals surface area contributed by atoms with Crippen LogP contribution in [0.2, 0.25) is 0 Å². The summed E-state index contributed by atoms with van der Waals surface area (Å²) in [6.45, 7) is 3.66. The number of H-pyrrole nitrogens is 1. The van der Waals surface area contributed by atoms with Gasteiger partial charge in [0.2, 0.25) is 0 Å². The summed E-state index contributed by atoms with van der Waals surface area (Å²) in [4.78, 5) is 23.5. The van der Waals surface area contributed by atoms with E-state index in [0.29, 0.717) is 17.0 Å². The number of rotatable bonds is 10. The molecule has 184 valence electrons. The largest absolute Gasteiger partial charge is 0.497 e. The number of hydrogen-bond donors (Lipinski definition) is 4. The summed E-state index contributed by atoms with van der Waals surface area (Å²) >= 11 is 0. The van der Waals surface area contributed by atoms with Crippen molar-refractivity contribution in [2.75, 3.05) is 19.0 Å². The Hall–Kier alpha value is -5.00. The van der Waals surface area contributed by atoms with Crippen molar-refractivity contribution in [1.82, 2.24) is 24.7 Å². The monoisotopic (exact) mass is 490 g/mol. The van der Waals surface area contributed by atoms with Crippen molar-refractivity contribution in [3.8, 4) is 17.4 Å². The normalized spacial score (nSPS) is 11.5. The molecule has 1 unspecified atom stereocenters. The standard InChI is InChI=1S/C24H23FN8O3/c1-3-11-36-18-13-16(35-2)12-17(19(18)25)20(30-15-7-5-14(6-8-15)21(26)27)22-31-24(34)33(32-22)23-28-9-4-10-29-23/h3-10,12-13,20,30H,1,11H2,2H3,(H3,26,27)(H,31,32,34). The van der Waals surface area contributed by atoms with Crippen LogP contribution in [0.3, 0.4) is 0 Å². The Balaban J connectivity index is 1.84. The van der Waals surface area contributed by atoms with Crippen molar-refractivity contribution in [3.63, 3.8) is 0 Å². The molecule has 0 amide bonds. The van der Waals surface area contributed by atoms with E-state index in [9.17, 15) is 4.79 Å². The highest BCUT2D eigenvalue weighted by molar-refractivity contribution is 5.95. The maximum absolute atomic E-state index is 15.7. The first-order chi connectivity index (χ1) is 17.4. The molecule has 0 saturated carbocycles. The second kappa shape index (κ2) is 10.5. The van der Waals surface area contributed by atoms with Gasteiger partial charge >= 0.3 is 5.69 Å². The number of nitrogen functional groups attached to an aromatic ring is 1. The fourth-order valence-electron chi connectivity index (χ4n) is 3.39. The molecule has 11 nitrogen and oxygen atoms in total. The van der Waals surface area contributed by atoms with E-state index in [0.717, 1.165) is 4.68 Å². The topological polar surface area (TPSA) is 157 Å². The van der Waals surface area contributed by atoms with Crippen LogP contribution in [0.1, 0.15) is 23.0 Å². The number of halogens is 1.